The van der Waals surface area contributed by atoms with Crippen molar-refractivity contribution in [2.45, 2.75) is 20.3 Å². The molecule has 0 atom stereocenters. The van der Waals surface area contributed by atoms with Gasteiger partial charge in [0, 0.05) is 19.8 Å². The van der Waals surface area contributed by atoms with Gasteiger partial charge in [0.05, 0.1) is 17.3 Å². The van der Waals surface area contributed by atoms with Crippen LogP contribution in [-0.2, 0) is 7.05 Å². The van der Waals surface area contributed by atoms with Crippen molar-refractivity contribution in [1.29, 1.82) is 0 Å². The molecule has 2 heterocycles. The van der Waals surface area contributed by atoms with Gasteiger partial charge in [0.2, 0.25) is 5.88 Å². The van der Waals surface area contributed by atoms with Crippen molar-refractivity contribution in [2.24, 2.45) is 7.05 Å². The number of ether oxygens (including phenoxy) is 1. The fraction of sp³-hybridized carbons (Fsp3) is 0.450. The van der Waals surface area contributed by atoms with Crippen LogP contribution in [0.25, 0.3) is 10.2 Å². The van der Waals surface area contributed by atoms with E-state index in [9.17, 15) is 4.79 Å². The van der Waals surface area contributed by atoms with Crippen LogP contribution in [0, 0.1) is 13.8 Å². The highest BCUT2D eigenvalue weighted by Gasteiger charge is 2.26. The van der Waals surface area contributed by atoms with Crippen LogP contribution in [0.2, 0.25) is 0 Å². The Bertz CT molecular complexity index is 992. The summed E-state index contributed by atoms with van der Waals surface area (Å²) in [7, 11) is 7.36. The van der Waals surface area contributed by atoms with Crippen molar-refractivity contribution >= 4 is 32.6 Å². The third-order valence-electron chi connectivity index (χ3n) is 4.49. The number of fused-ring (bicyclic) bond motifs is 1. The summed E-state index contributed by atoms with van der Waals surface area (Å²) in [5.74, 6) is 0.190. The van der Waals surface area contributed by atoms with E-state index >= 15 is 0 Å². The van der Waals surface area contributed by atoms with E-state index in [1.54, 1.807) is 34.2 Å². The molecule has 0 N–H and O–H groups in total. The van der Waals surface area contributed by atoms with Gasteiger partial charge in [-0.3, -0.25) is 14.4 Å². The maximum Gasteiger partial charge on any atom is 0.267 e. The molecule has 0 fully saturated rings. The number of carbonyl (C=O) groups is 1. The number of thiazole rings is 1. The molecule has 0 aliphatic rings. The maximum absolute atomic E-state index is 13.4. The summed E-state index contributed by atoms with van der Waals surface area (Å²) in [6.45, 7) is 5.61. The third kappa shape index (κ3) is 4.18. The van der Waals surface area contributed by atoms with Gasteiger partial charge in [0.1, 0.15) is 5.56 Å². The lowest BCUT2D eigenvalue weighted by Crippen LogP contribution is -2.33. The molecule has 1 amide bonds. The van der Waals surface area contributed by atoms with Gasteiger partial charge in [-0.15, -0.1) is 5.10 Å². The van der Waals surface area contributed by atoms with E-state index in [1.807, 2.05) is 14.1 Å². The smallest absolute Gasteiger partial charge is 0.267 e. The van der Waals surface area contributed by atoms with Gasteiger partial charge in [0.25, 0.3) is 5.91 Å². The lowest BCUT2D eigenvalue weighted by atomic mass is 10.1. The zero-order valence-corrected chi connectivity index (χ0v) is 18.1. The molecular weight excluding hydrogens is 374 g/mol. The molecule has 0 unspecified atom stereocenters. The minimum absolute atomic E-state index is 0.142. The van der Waals surface area contributed by atoms with Gasteiger partial charge >= 0.3 is 0 Å². The Kier molecular flexibility index (Phi) is 6.00. The number of hydrogen-bond acceptors (Lipinski definition) is 6. The fourth-order valence-corrected chi connectivity index (χ4v) is 4.26. The van der Waals surface area contributed by atoms with Crippen molar-refractivity contribution < 1.29 is 9.53 Å². The van der Waals surface area contributed by atoms with Crippen molar-refractivity contribution in [1.82, 2.24) is 19.7 Å². The summed E-state index contributed by atoms with van der Waals surface area (Å²) < 4.78 is 8.01. The van der Waals surface area contributed by atoms with Gasteiger partial charge in [0.15, 0.2) is 5.13 Å². The van der Waals surface area contributed by atoms with Crippen LogP contribution >= 0.6 is 11.3 Å². The SMILES string of the molecule is COc1nn(C)cc1C(=O)N(CCCN(C)C)c1nc2cc(C)cc(C)c2s1. The number of aromatic nitrogens is 3. The fourth-order valence-electron chi connectivity index (χ4n) is 3.22. The number of methoxy groups -OCH3 is 1. The molecule has 1 aromatic carbocycles. The molecule has 2 aromatic heterocycles. The molecule has 0 aliphatic carbocycles. The molecule has 0 saturated heterocycles. The summed E-state index contributed by atoms with van der Waals surface area (Å²) in [6.07, 6.45) is 2.54. The number of carbonyl (C=O) groups excluding carboxylic acids is 1. The molecule has 7 nitrogen and oxygen atoms in total. The monoisotopic (exact) mass is 401 g/mol. The first-order chi connectivity index (χ1) is 13.3. The lowest BCUT2D eigenvalue weighted by Gasteiger charge is -2.20. The van der Waals surface area contributed by atoms with Crippen LogP contribution in [-0.4, -0.2) is 59.9 Å². The van der Waals surface area contributed by atoms with Crippen LogP contribution in [0.3, 0.4) is 0 Å². The molecule has 28 heavy (non-hydrogen) atoms. The first-order valence-corrected chi connectivity index (χ1v) is 10.0. The Morgan fingerprint density at radius 2 is 2.00 bits per heavy atom. The van der Waals surface area contributed by atoms with E-state index in [-0.39, 0.29) is 5.91 Å². The van der Waals surface area contributed by atoms with E-state index in [1.165, 1.54) is 18.2 Å². The molecule has 0 bridgehead atoms. The zero-order chi connectivity index (χ0) is 20.4. The van der Waals surface area contributed by atoms with Gasteiger partial charge in [-0.1, -0.05) is 17.4 Å². The molecule has 0 saturated carbocycles. The van der Waals surface area contributed by atoms with E-state index in [0.29, 0.717) is 23.1 Å². The van der Waals surface area contributed by atoms with Crippen LogP contribution in [0.1, 0.15) is 27.9 Å². The second kappa shape index (κ2) is 8.28. The van der Waals surface area contributed by atoms with Gasteiger partial charge in [-0.25, -0.2) is 4.98 Å². The molecule has 3 rings (SSSR count). The number of amides is 1. The summed E-state index contributed by atoms with van der Waals surface area (Å²) in [4.78, 5) is 22.0. The molecule has 0 spiro atoms. The van der Waals surface area contributed by atoms with Crippen LogP contribution in [0.4, 0.5) is 5.13 Å². The van der Waals surface area contributed by atoms with Gasteiger partial charge in [-0.2, -0.15) is 0 Å². The number of hydrogen-bond donors (Lipinski definition) is 0. The van der Waals surface area contributed by atoms with Crippen LogP contribution in [0.15, 0.2) is 18.3 Å². The van der Waals surface area contributed by atoms with E-state index in [4.69, 9.17) is 9.72 Å². The van der Waals surface area contributed by atoms with Crippen molar-refractivity contribution in [2.75, 3.05) is 39.2 Å². The Balaban J connectivity index is 2.01. The quantitative estimate of drug-likeness (QED) is 0.608. The Hall–Kier alpha value is -2.45. The Morgan fingerprint density at radius 1 is 1.25 bits per heavy atom. The summed E-state index contributed by atoms with van der Waals surface area (Å²) in [6, 6.07) is 4.21. The van der Waals surface area contributed by atoms with Crippen LogP contribution in [0.5, 0.6) is 5.88 Å². The average molecular weight is 402 g/mol. The maximum atomic E-state index is 13.4. The Morgan fingerprint density at radius 3 is 2.68 bits per heavy atom. The standard InChI is InChI=1S/C20H27N5O2S/c1-13-10-14(2)17-16(11-13)21-20(28-17)25(9-7-8-23(3)4)19(26)15-12-24(5)22-18(15)27-6/h10-12H,7-9H2,1-6H3. The second-order valence-corrected chi connectivity index (χ2v) is 8.24. The summed E-state index contributed by atoms with van der Waals surface area (Å²) in [5.41, 5.74) is 3.72. The normalized spacial score (nSPS) is 11.4. The minimum Gasteiger partial charge on any atom is -0.479 e. The number of aryl methyl sites for hydroxylation is 3. The topological polar surface area (TPSA) is 63.5 Å². The largest absolute Gasteiger partial charge is 0.479 e. The van der Waals surface area contributed by atoms with E-state index < -0.39 is 0 Å². The zero-order valence-electron chi connectivity index (χ0n) is 17.3. The lowest BCUT2D eigenvalue weighted by molar-refractivity contribution is 0.0983. The summed E-state index contributed by atoms with van der Waals surface area (Å²) in [5, 5.41) is 4.93. The highest BCUT2D eigenvalue weighted by molar-refractivity contribution is 7.22. The highest BCUT2D eigenvalue weighted by atomic mass is 32.1. The van der Waals surface area contributed by atoms with Gasteiger partial charge in [-0.05, 0) is 58.1 Å². The molecule has 8 heteroatoms. The molecule has 0 aliphatic heterocycles. The molecule has 0 radical (unpaired) electrons. The first kappa shape index (κ1) is 20.3. The number of anilines is 1. The first-order valence-electron chi connectivity index (χ1n) is 9.22. The predicted octanol–water partition coefficient (Wildman–Crippen LogP) is 3.25. The van der Waals surface area contributed by atoms with E-state index in [2.05, 4.69) is 36.0 Å². The predicted molar refractivity (Wildman–Crippen MR) is 114 cm³/mol. The van der Waals surface area contributed by atoms with Gasteiger partial charge < -0.3 is 9.64 Å². The highest BCUT2D eigenvalue weighted by Crippen LogP contribution is 2.33. The molecule has 3 aromatic rings. The minimum atomic E-state index is -0.142. The Labute approximate surface area is 169 Å². The number of rotatable bonds is 7. The number of nitrogens with zero attached hydrogens (tertiary/aromatic N) is 5. The number of benzene rings is 1. The molecular formula is C20H27N5O2S. The average Bonchev–Trinajstić information content (AvgIpc) is 3.21. The van der Waals surface area contributed by atoms with Crippen molar-refractivity contribution in [3.05, 3.63) is 35.0 Å². The molecule has 150 valence electrons. The van der Waals surface area contributed by atoms with Crippen LogP contribution < -0.4 is 9.64 Å². The summed E-state index contributed by atoms with van der Waals surface area (Å²) >= 11 is 1.56. The second-order valence-electron chi connectivity index (χ2n) is 7.27. The van der Waals surface area contributed by atoms with E-state index in [0.717, 1.165) is 23.2 Å². The van der Waals surface area contributed by atoms with Crippen molar-refractivity contribution in [3.8, 4) is 5.88 Å². The van der Waals surface area contributed by atoms with Crippen molar-refractivity contribution in [3.63, 3.8) is 0 Å². The third-order valence-corrected chi connectivity index (χ3v) is 5.72.